The molecular weight excluding hydrogens is 166 g/mol. The fraction of sp³-hybridized carbons (Fsp3) is 0.900. The highest BCUT2D eigenvalue weighted by Crippen LogP contribution is 2.35. The van der Waals surface area contributed by atoms with Gasteiger partial charge in [-0.3, -0.25) is 4.79 Å². The zero-order chi connectivity index (χ0) is 9.90. The number of carboxylic acid groups (broad SMARTS) is 1. The number of hydrogen-bond donors (Lipinski definition) is 2. The molecule has 0 saturated heterocycles. The van der Waals surface area contributed by atoms with Crippen LogP contribution in [0.25, 0.3) is 0 Å². The number of nitrogens with one attached hydrogen (secondary N) is 1. The van der Waals surface area contributed by atoms with Crippen molar-refractivity contribution in [2.75, 3.05) is 7.05 Å². The Bertz CT molecular complexity index is 193. The average molecular weight is 185 g/mol. The highest BCUT2D eigenvalue weighted by molar-refractivity contribution is 5.79. The fourth-order valence-electron chi connectivity index (χ4n) is 2.52. The van der Waals surface area contributed by atoms with Gasteiger partial charge in [0.15, 0.2) is 0 Å². The summed E-state index contributed by atoms with van der Waals surface area (Å²) >= 11 is 0. The Labute approximate surface area is 79.5 Å². The largest absolute Gasteiger partial charge is 0.480 e. The predicted molar refractivity (Wildman–Crippen MR) is 51.7 cm³/mol. The van der Waals surface area contributed by atoms with Crippen molar-refractivity contribution < 1.29 is 9.90 Å². The normalized spacial score (nSPS) is 34.5. The van der Waals surface area contributed by atoms with Crippen LogP contribution in [-0.4, -0.2) is 23.7 Å². The molecule has 2 atom stereocenters. The van der Waals surface area contributed by atoms with Crippen LogP contribution in [-0.2, 0) is 4.79 Å². The van der Waals surface area contributed by atoms with Crippen molar-refractivity contribution in [3.63, 3.8) is 0 Å². The molecule has 0 aliphatic heterocycles. The van der Waals surface area contributed by atoms with Gasteiger partial charge in [-0.1, -0.05) is 26.2 Å². The number of rotatable bonds is 3. The maximum absolute atomic E-state index is 11.2. The third-order valence-corrected chi connectivity index (χ3v) is 3.39. The summed E-state index contributed by atoms with van der Waals surface area (Å²) in [5.41, 5.74) is -0.646. The molecule has 2 unspecified atom stereocenters. The SMILES string of the molecule is CCC1CCCCC1(NC)C(=O)O. The van der Waals surface area contributed by atoms with Gasteiger partial charge in [-0.25, -0.2) is 0 Å². The van der Waals surface area contributed by atoms with E-state index in [1.165, 1.54) is 6.42 Å². The van der Waals surface area contributed by atoms with E-state index in [-0.39, 0.29) is 0 Å². The second kappa shape index (κ2) is 4.09. The molecule has 1 aliphatic carbocycles. The molecule has 0 spiro atoms. The number of aliphatic carboxylic acids is 1. The summed E-state index contributed by atoms with van der Waals surface area (Å²) in [6.07, 6.45) is 4.98. The summed E-state index contributed by atoms with van der Waals surface area (Å²) < 4.78 is 0. The van der Waals surface area contributed by atoms with E-state index < -0.39 is 11.5 Å². The van der Waals surface area contributed by atoms with Crippen LogP contribution >= 0.6 is 0 Å². The minimum atomic E-state index is -0.679. The molecule has 0 radical (unpaired) electrons. The van der Waals surface area contributed by atoms with Crippen LogP contribution in [0, 0.1) is 5.92 Å². The van der Waals surface area contributed by atoms with Crippen LogP contribution in [0.2, 0.25) is 0 Å². The topological polar surface area (TPSA) is 49.3 Å². The van der Waals surface area contributed by atoms with Crippen molar-refractivity contribution in [1.29, 1.82) is 0 Å². The lowest BCUT2D eigenvalue weighted by atomic mass is 9.71. The first kappa shape index (κ1) is 10.5. The standard InChI is InChI=1S/C10H19NO2/c1-3-8-6-4-5-7-10(8,11-2)9(12)13/h8,11H,3-7H2,1-2H3,(H,12,13). The molecule has 2 N–H and O–H groups in total. The number of hydrogen-bond acceptors (Lipinski definition) is 2. The van der Waals surface area contributed by atoms with E-state index in [1.807, 2.05) is 0 Å². The molecule has 76 valence electrons. The molecule has 13 heavy (non-hydrogen) atoms. The van der Waals surface area contributed by atoms with Gasteiger partial charge in [-0.15, -0.1) is 0 Å². The van der Waals surface area contributed by atoms with Crippen LogP contribution < -0.4 is 5.32 Å². The average Bonchev–Trinajstić information content (AvgIpc) is 2.17. The third kappa shape index (κ3) is 1.70. The molecule has 1 rings (SSSR count). The molecule has 1 aliphatic rings. The van der Waals surface area contributed by atoms with Gasteiger partial charge < -0.3 is 10.4 Å². The third-order valence-electron chi connectivity index (χ3n) is 3.39. The minimum absolute atomic E-state index is 0.295. The molecule has 0 amide bonds. The molecule has 0 heterocycles. The van der Waals surface area contributed by atoms with Gasteiger partial charge in [0.25, 0.3) is 0 Å². The first-order chi connectivity index (χ1) is 6.17. The van der Waals surface area contributed by atoms with E-state index in [2.05, 4.69) is 12.2 Å². The molecule has 0 aromatic rings. The summed E-state index contributed by atoms with van der Waals surface area (Å²) in [5.74, 6) is -0.384. The Kier molecular flexibility index (Phi) is 3.31. The van der Waals surface area contributed by atoms with Gasteiger partial charge in [-0.05, 0) is 25.8 Å². The summed E-state index contributed by atoms with van der Waals surface area (Å²) in [4.78, 5) is 11.2. The smallest absolute Gasteiger partial charge is 0.324 e. The second-order valence-corrected chi connectivity index (χ2v) is 3.88. The Morgan fingerprint density at radius 2 is 2.31 bits per heavy atom. The maximum Gasteiger partial charge on any atom is 0.324 e. The summed E-state index contributed by atoms with van der Waals surface area (Å²) in [5, 5.41) is 12.2. The molecule has 1 fully saturated rings. The van der Waals surface area contributed by atoms with Gasteiger partial charge in [0.05, 0.1) is 0 Å². The Balaban J connectivity index is 2.84. The number of likely N-dealkylation sites (N-methyl/N-ethyl adjacent to an activating group) is 1. The van der Waals surface area contributed by atoms with E-state index in [9.17, 15) is 9.90 Å². The first-order valence-corrected chi connectivity index (χ1v) is 5.09. The number of carboxylic acids is 1. The van der Waals surface area contributed by atoms with Crippen LogP contribution in [0.5, 0.6) is 0 Å². The van der Waals surface area contributed by atoms with Crippen molar-refractivity contribution in [1.82, 2.24) is 5.32 Å². The molecule has 0 bridgehead atoms. The van der Waals surface area contributed by atoms with Gasteiger partial charge in [-0.2, -0.15) is 0 Å². The van der Waals surface area contributed by atoms with Crippen molar-refractivity contribution >= 4 is 5.97 Å². The zero-order valence-electron chi connectivity index (χ0n) is 8.47. The van der Waals surface area contributed by atoms with Crippen molar-refractivity contribution in [2.24, 2.45) is 5.92 Å². The molecule has 0 aromatic heterocycles. The van der Waals surface area contributed by atoms with E-state index in [1.54, 1.807) is 7.05 Å². The quantitative estimate of drug-likeness (QED) is 0.702. The van der Waals surface area contributed by atoms with Crippen LogP contribution in [0.4, 0.5) is 0 Å². The Morgan fingerprint density at radius 3 is 2.69 bits per heavy atom. The lowest BCUT2D eigenvalue weighted by Gasteiger charge is -2.40. The van der Waals surface area contributed by atoms with E-state index in [0.29, 0.717) is 5.92 Å². The second-order valence-electron chi connectivity index (χ2n) is 3.88. The van der Waals surface area contributed by atoms with Crippen molar-refractivity contribution in [2.45, 2.75) is 44.6 Å². The van der Waals surface area contributed by atoms with E-state index in [4.69, 9.17) is 0 Å². The maximum atomic E-state index is 11.2. The first-order valence-electron chi connectivity index (χ1n) is 5.09. The summed E-state index contributed by atoms with van der Waals surface area (Å²) in [6.45, 7) is 2.07. The summed E-state index contributed by atoms with van der Waals surface area (Å²) in [7, 11) is 1.77. The van der Waals surface area contributed by atoms with Crippen molar-refractivity contribution in [3.05, 3.63) is 0 Å². The molecular formula is C10H19NO2. The van der Waals surface area contributed by atoms with Gasteiger partial charge in [0.1, 0.15) is 5.54 Å². The molecule has 1 saturated carbocycles. The van der Waals surface area contributed by atoms with E-state index >= 15 is 0 Å². The van der Waals surface area contributed by atoms with Gasteiger partial charge >= 0.3 is 5.97 Å². The van der Waals surface area contributed by atoms with Gasteiger partial charge in [0.2, 0.25) is 0 Å². The molecule has 3 heteroatoms. The monoisotopic (exact) mass is 185 g/mol. The summed E-state index contributed by atoms with van der Waals surface area (Å²) in [6, 6.07) is 0. The van der Waals surface area contributed by atoms with Crippen LogP contribution in [0.15, 0.2) is 0 Å². The number of carbonyl (C=O) groups is 1. The van der Waals surface area contributed by atoms with Gasteiger partial charge in [0, 0.05) is 0 Å². The van der Waals surface area contributed by atoms with E-state index in [0.717, 1.165) is 25.7 Å². The molecule has 0 aromatic carbocycles. The molecule has 3 nitrogen and oxygen atoms in total. The predicted octanol–water partition coefficient (Wildman–Crippen LogP) is 1.63. The highest BCUT2D eigenvalue weighted by Gasteiger charge is 2.44. The van der Waals surface area contributed by atoms with Crippen LogP contribution in [0.3, 0.4) is 0 Å². The lowest BCUT2D eigenvalue weighted by molar-refractivity contribution is -0.149. The fourth-order valence-corrected chi connectivity index (χ4v) is 2.52. The Hall–Kier alpha value is -0.570. The lowest BCUT2D eigenvalue weighted by Crippen LogP contribution is -2.57. The zero-order valence-corrected chi connectivity index (χ0v) is 8.47. The highest BCUT2D eigenvalue weighted by atomic mass is 16.4. The minimum Gasteiger partial charge on any atom is -0.480 e. The Morgan fingerprint density at radius 1 is 1.62 bits per heavy atom. The van der Waals surface area contributed by atoms with Crippen molar-refractivity contribution in [3.8, 4) is 0 Å². The van der Waals surface area contributed by atoms with Crippen LogP contribution in [0.1, 0.15) is 39.0 Å².